The fourth-order valence-electron chi connectivity index (χ4n) is 2.97. The van der Waals surface area contributed by atoms with Gasteiger partial charge in [0.15, 0.2) is 5.13 Å². The van der Waals surface area contributed by atoms with E-state index >= 15 is 0 Å². The van der Waals surface area contributed by atoms with Crippen LogP contribution in [0.25, 0.3) is 12.2 Å². The van der Waals surface area contributed by atoms with Crippen LogP contribution in [0.15, 0.2) is 54.6 Å². The van der Waals surface area contributed by atoms with Crippen LogP contribution in [0.5, 0.6) is 0 Å². The van der Waals surface area contributed by atoms with Crippen LogP contribution in [0, 0.1) is 5.95 Å². The Hall–Kier alpha value is -3.59. The van der Waals surface area contributed by atoms with Crippen molar-refractivity contribution in [3.05, 3.63) is 83.2 Å². The Kier molecular flexibility index (Phi) is 6.03. The average molecular weight is 437 g/mol. The quantitative estimate of drug-likeness (QED) is 0.425. The number of carbonyl (C=O) groups excluding carboxylic acids is 1. The smallest absolute Gasteiger partial charge is 0.274 e. The number of halogens is 1. The molecule has 0 aromatic carbocycles. The number of hydrogen-bond acceptors (Lipinski definition) is 5. The van der Waals surface area contributed by atoms with E-state index in [-0.39, 0.29) is 5.91 Å². The van der Waals surface area contributed by atoms with Gasteiger partial charge in [0.2, 0.25) is 5.95 Å². The zero-order chi connectivity index (χ0) is 21.8. The van der Waals surface area contributed by atoms with E-state index in [1.807, 2.05) is 28.3 Å². The molecule has 4 aromatic heterocycles. The fourth-order valence-corrected chi connectivity index (χ4v) is 3.64. The molecule has 0 aliphatic rings. The van der Waals surface area contributed by atoms with Crippen LogP contribution in [0.1, 0.15) is 47.3 Å². The molecule has 7 nitrogen and oxygen atoms in total. The normalized spacial score (nSPS) is 11.5. The van der Waals surface area contributed by atoms with Crippen molar-refractivity contribution in [2.75, 3.05) is 5.32 Å². The minimum absolute atomic E-state index is 0.278. The number of thiazole rings is 1. The first kappa shape index (κ1) is 20.7. The maximum Gasteiger partial charge on any atom is 0.274 e. The molecule has 0 bridgehead atoms. The second-order valence-corrected chi connectivity index (χ2v) is 8.07. The minimum atomic E-state index is -0.546. The zero-order valence-corrected chi connectivity index (χ0v) is 17.9. The molecule has 4 heterocycles. The van der Waals surface area contributed by atoms with Crippen molar-refractivity contribution in [1.29, 1.82) is 0 Å². The number of pyridine rings is 1. The van der Waals surface area contributed by atoms with Crippen molar-refractivity contribution in [3.63, 3.8) is 0 Å². The molecule has 0 unspecified atom stereocenters. The Morgan fingerprint density at radius 3 is 2.87 bits per heavy atom. The number of nitrogens with zero attached hydrogens (tertiary/aromatic N) is 5. The van der Waals surface area contributed by atoms with Gasteiger partial charge in [-0.05, 0) is 55.8 Å². The summed E-state index contributed by atoms with van der Waals surface area (Å²) in [6.07, 6.45) is 10.7. The van der Waals surface area contributed by atoms with Crippen LogP contribution in [-0.2, 0) is 6.54 Å². The Bertz CT molecular complexity index is 1220. The summed E-state index contributed by atoms with van der Waals surface area (Å²) in [6, 6.07) is 6.91. The first-order valence-corrected chi connectivity index (χ1v) is 10.6. The Morgan fingerprint density at radius 1 is 1.26 bits per heavy atom. The number of imidazole rings is 1. The number of rotatable bonds is 7. The summed E-state index contributed by atoms with van der Waals surface area (Å²) in [7, 11) is 0. The average Bonchev–Trinajstić information content (AvgIpc) is 3.47. The van der Waals surface area contributed by atoms with Crippen molar-refractivity contribution in [3.8, 4) is 0 Å². The molecule has 0 fully saturated rings. The molecule has 0 aliphatic carbocycles. The molecule has 1 amide bonds. The van der Waals surface area contributed by atoms with Crippen LogP contribution in [0.2, 0.25) is 0 Å². The summed E-state index contributed by atoms with van der Waals surface area (Å²) in [4.78, 5) is 25.1. The molecule has 0 saturated carbocycles. The molecule has 0 atom stereocenters. The lowest BCUT2D eigenvalue weighted by Gasteiger charge is -2.09. The van der Waals surface area contributed by atoms with Crippen LogP contribution in [-0.4, -0.2) is 30.0 Å². The van der Waals surface area contributed by atoms with Gasteiger partial charge < -0.3 is 9.13 Å². The summed E-state index contributed by atoms with van der Waals surface area (Å²) in [5, 5.41) is 5.19. The predicted molar refractivity (Wildman–Crippen MR) is 119 cm³/mol. The number of anilines is 1. The molecule has 0 saturated heterocycles. The van der Waals surface area contributed by atoms with E-state index < -0.39 is 5.95 Å². The molecule has 9 heteroatoms. The largest absolute Gasteiger partial charge is 0.339 e. The van der Waals surface area contributed by atoms with Crippen molar-refractivity contribution in [2.45, 2.75) is 26.4 Å². The number of carbonyl (C=O) groups is 1. The topological polar surface area (TPSA) is 77.6 Å². The van der Waals surface area contributed by atoms with E-state index in [0.29, 0.717) is 23.4 Å². The maximum atomic E-state index is 13.3. The summed E-state index contributed by atoms with van der Waals surface area (Å²) in [5.74, 6) is -0.824. The summed E-state index contributed by atoms with van der Waals surface area (Å²) in [5.41, 5.74) is 2.77. The van der Waals surface area contributed by atoms with E-state index in [1.165, 1.54) is 23.6 Å². The number of aromatic nitrogens is 5. The highest BCUT2D eigenvalue weighted by Gasteiger charge is 2.13. The Labute approximate surface area is 182 Å². The lowest BCUT2D eigenvalue weighted by Crippen LogP contribution is -2.17. The number of nitrogens with one attached hydrogen (secondary N) is 1. The molecule has 158 valence electrons. The van der Waals surface area contributed by atoms with E-state index in [4.69, 9.17) is 0 Å². The standard InChI is InChI=1S/C22H21FN6OS/c1-15(2)29-12-17(25-14-29)5-6-18-13-31-22(26-18)27-21(30)19-4-3-9-28(19)11-16-7-8-24-20(23)10-16/h3-10,12-15H,11H2,1-2H3,(H,26,27,30). The van der Waals surface area contributed by atoms with Crippen LogP contribution in [0.3, 0.4) is 0 Å². The van der Waals surface area contributed by atoms with Gasteiger partial charge in [-0.25, -0.2) is 15.0 Å². The van der Waals surface area contributed by atoms with E-state index in [1.54, 1.807) is 35.3 Å². The first-order chi connectivity index (χ1) is 15.0. The van der Waals surface area contributed by atoms with E-state index in [2.05, 4.69) is 34.1 Å². The highest BCUT2D eigenvalue weighted by atomic mass is 32.1. The Balaban J connectivity index is 1.41. The summed E-state index contributed by atoms with van der Waals surface area (Å²) >= 11 is 1.35. The van der Waals surface area contributed by atoms with Crippen LogP contribution in [0.4, 0.5) is 9.52 Å². The third kappa shape index (κ3) is 5.13. The van der Waals surface area contributed by atoms with E-state index in [0.717, 1.165) is 17.0 Å². The highest BCUT2D eigenvalue weighted by molar-refractivity contribution is 7.14. The SMILES string of the molecule is CC(C)n1cnc(C=Cc2csc(NC(=O)c3cccn3Cc3ccnc(F)c3)n2)c1. The van der Waals surface area contributed by atoms with Gasteiger partial charge in [-0.1, -0.05) is 0 Å². The van der Waals surface area contributed by atoms with Gasteiger partial charge in [0.05, 0.1) is 17.7 Å². The zero-order valence-electron chi connectivity index (χ0n) is 17.1. The monoisotopic (exact) mass is 436 g/mol. The molecule has 0 spiro atoms. The summed E-state index contributed by atoms with van der Waals surface area (Å²) < 4.78 is 17.1. The molecule has 4 aromatic rings. The summed E-state index contributed by atoms with van der Waals surface area (Å²) in [6.45, 7) is 4.55. The number of hydrogen-bond donors (Lipinski definition) is 1. The highest BCUT2D eigenvalue weighted by Crippen LogP contribution is 2.19. The van der Waals surface area contributed by atoms with Gasteiger partial charge in [0.25, 0.3) is 5.91 Å². The second-order valence-electron chi connectivity index (χ2n) is 7.21. The van der Waals surface area contributed by atoms with Gasteiger partial charge in [-0.2, -0.15) is 4.39 Å². The first-order valence-electron chi connectivity index (χ1n) is 9.72. The van der Waals surface area contributed by atoms with Crippen molar-refractivity contribution < 1.29 is 9.18 Å². The van der Waals surface area contributed by atoms with Gasteiger partial charge >= 0.3 is 0 Å². The second kappa shape index (κ2) is 9.05. The van der Waals surface area contributed by atoms with Crippen LogP contribution < -0.4 is 5.32 Å². The van der Waals surface area contributed by atoms with Crippen molar-refractivity contribution in [1.82, 2.24) is 24.1 Å². The third-order valence-electron chi connectivity index (χ3n) is 4.59. The minimum Gasteiger partial charge on any atom is -0.339 e. The molecule has 1 N–H and O–H groups in total. The number of amides is 1. The third-order valence-corrected chi connectivity index (χ3v) is 5.37. The predicted octanol–water partition coefficient (Wildman–Crippen LogP) is 4.73. The fraction of sp³-hybridized carbons (Fsp3) is 0.182. The Morgan fingerprint density at radius 2 is 2.10 bits per heavy atom. The molecule has 4 rings (SSSR count). The van der Waals surface area contributed by atoms with Gasteiger partial charge in [0, 0.05) is 36.6 Å². The molecule has 0 radical (unpaired) electrons. The van der Waals surface area contributed by atoms with Crippen molar-refractivity contribution >= 4 is 34.5 Å². The van der Waals surface area contributed by atoms with Gasteiger partial charge in [0.1, 0.15) is 5.69 Å². The molecular formula is C22H21FN6OS. The van der Waals surface area contributed by atoms with Crippen LogP contribution >= 0.6 is 11.3 Å². The maximum absolute atomic E-state index is 13.3. The lowest BCUT2D eigenvalue weighted by atomic mass is 10.2. The molecular weight excluding hydrogens is 415 g/mol. The lowest BCUT2D eigenvalue weighted by molar-refractivity contribution is 0.101. The molecule has 0 aliphatic heterocycles. The van der Waals surface area contributed by atoms with E-state index in [9.17, 15) is 9.18 Å². The van der Waals surface area contributed by atoms with Crippen molar-refractivity contribution in [2.24, 2.45) is 0 Å². The van der Waals surface area contributed by atoms with Gasteiger partial charge in [-0.15, -0.1) is 11.3 Å². The van der Waals surface area contributed by atoms with Gasteiger partial charge in [-0.3, -0.25) is 10.1 Å². The molecule has 31 heavy (non-hydrogen) atoms.